The third-order valence-corrected chi connectivity index (χ3v) is 10.1. The topological polar surface area (TPSA) is 39.9 Å². The molecule has 3 aromatic heterocycles. The highest BCUT2D eigenvalue weighted by molar-refractivity contribution is 6.09. The number of nitrogens with zero attached hydrogens (tertiary/aromatic N) is 3. The summed E-state index contributed by atoms with van der Waals surface area (Å²) in [5.41, 5.74) is 8.81. The maximum absolute atomic E-state index is 6.56. The van der Waals surface area contributed by atoms with E-state index < -0.39 is 0 Å². The van der Waals surface area contributed by atoms with E-state index in [-0.39, 0.29) is 5.41 Å². The Hall–Kier alpha value is -4.44. The van der Waals surface area contributed by atoms with Crippen molar-refractivity contribution < 1.29 is 4.74 Å². The van der Waals surface area contributed by atoms with Crippen molar-refractivity contribution in [2.45, 2.75) is 79.1 Å². The van der Waals surface area contributed by atoms with Gasteiger partial charge in [-0.3, -0.25) is 9.55 Å². The van der Waals surface area contributed by atoms with Gasteiger partial charge in [-0.05, 0) is 120 Å². The summed E-state index contributed by atoms with van der Waals surface area (Å²) in [5.74, 6) is 3.71. The van der Waals surface area contributed by atoms with Crippen molar-refractivity contribution in [1.82, 2.24) is 14.5 Å². The third kappa shape index (κ3) is 5.70. The highest BCUT2D eigenvalue weighted by Crippen LogP contribution is 2.47. The van der Waals surface area contributed by atoms with Crippen molar-refractivity contribution in [2.24, 2.45) is 11.3 Å². The van der Waals surface area contributed by atoms with Crippen molar-refractivity contribution in [3.8, 4) is 28.6 Å². The molecule has 0 saturated heterocycles. The quantitative estimate of drug-likeness (QED) is 0.196. The molecule has 3 heterocycles. The third-order valence-electron chi connectivity index (χ3n) is 10.1. The summed E-state index contributed by atoms with van der Waals surface area (Å²) in [7, 11) is 0. The van der Waals surface area contributed by atoms with Crippen LogP contribution in [0.5, 0.6) is 11.5 Å². The van der Waals surface area contributed by atoms with Crippen molar-refractivity contribution in [3.05, 3.63) is 114 Å². The molecule has 46 heavy (non-hydrogen) atoms. The maximum Gasteiger partial charge on any atom is 0.137 e. The predicted octanol–water partition coefficient (Wildman–Crippen LogP) is 11.6. The van der Waals surface area contributed by atoms with Crippen LogP contribution in [0, 0.1) is 18.3 Å². The molecular weight excluding hydrogens is 562 g/mol. The van der Waals surface area contributed by atoms with E-state index in [1.807, 2.05) is 24.4 Å². The lowest BCUT2D eigenvalue weighted by atomic mass is 9.65. The molecule has 1 aliphatic carbocycles. The van der Waals surface area contributed by atoms with Crippen LogP contribution < -0.4 is 4.74 Å². The molecule has 0 spiro atoms. The average molecular weight is 608 g/mol. The molecule has 4 heteroatoms. The van der Waals surface area contributed by atoms with Crippen molar-refractivity contribution >= 4 is 21.8 Å². The lowest BCUT2D eigenvalue weighted by Crippen LogP contribution is -2.27. The second-order valence-electron chi connectivity index (χ2n) is 15.2. The van der Waals surface area contributed by atoms with E-state index >= 15 is 0 Å². The van der Waals surface area contributed by atoms with E-state index in [0.717, 1.165) is 39.6 Å². The van der Waals surface area contributed by atoms with Gasteiger partial charge in [0.2, 0.25) is 0 Å². The first-order valence-electron chi connectivity index (χ1n) is 16.7. The summed E-state index contributed by atoms with van der Waals surface area (Å²) in [4.78, 5) is 9.60. The summed E-state index contributed by atoms with van der Waals surface area (Å²) >= 11 is 0. The largest absolute Gasteiger partial charge is 0.457 e. The Labute approximate surface area is 273 Å². The molecular formula is C42H45N3O. The fourth-order valence-corrected chi connectivity index (χ4v) is 7.62. The molecule has 7 rings (SSSR count). The zero-order chi connectivity index (χ0) is 32.2. The highest BCUT2D eigenvalue weighted by Gasteiger charge is 2.34. The molecule has 234 valence electrons. The molecule has 3 aromatic carbocycles. The standard InChI is InChI=1S/C42H45N3O/c1-27-25-42(6,7)19-18-33(27)35-24-37(44-26-28(35)2)29-11-10-12-31(21-29)46-32-15-16-34-36-22-30(41(3,4)5)14-17-38(36)45(39(34)23-32)40-13-8-9-20-43-40/h8-17,20-24,26-27,33H,18-19,25H2,1-7H3. The first-order valence-corrected chi connectivity index (χ1v) is 16.7. The fourth-order valence-electron chi connectivity index (χ4n) is 7.62. The van der Waals surface area contributed by atoms with Crippen molar-refractivity contribution in [1.29, 1.82) is 0 Å². The van der Waals surface area contributed by atoms with Crippen LogP contribution in [0.25, 0.3) is 38.9 Å². The zero-order valence-electron chi connectivity index (χ0n) is 28.3. The minimum Gasteiger partial charge on any atom is -0.457 e. The molecule has 6 aromatic rings. The van der Waals surface area contributed by atoms with E-state index in [9.17, 15) is 0 Å². The SMILES string of the molecule is Cc1cnc(-c2cccc(Oc3ccc4c5cc(C(C)(C)C)ccc5n(-c5ccccn5)c4c3)c2)cc1C1CCC(C)(C)CC1C. The Kier molecular flexibility index (Phi) is 7.50. The second kappa shape index (κ2) is 11.4. The molecule has 1 fully saturated rings. The smallest absolute Gasteiger partial charge is 0.137 e. The molecule has 0 radical (unpaired) electrons. The van der Waals surface area contributed by atoms with Crippen LogP contribution in [0.1, 0.15) is 83.4 Å². The van der Waals surface area contributed by atoms with Gasteiger partial charge >= 0.3 is 0 Å². The molecule has 0 amide bonds. The Morgan fingerprint density at radius 1 is 0.826 bits per heavy atom. The number of aryl methyl sites for hydroxylation is 1. The van der Waals surface area contributed by atoms with Gasteiger partial charge < -0.3 is 4.74 Å². The zero-order valence-corrected chi connectivity index (χ0v) is 28.3. The molecule has 0 N–H and O–H groups in total. The number of rotatable bonds is 5. The van der Waals surface area contributed by atoms with Gasteiger partial charge in [0.25, 0.3) is 0 Å². The van der Waals surface area contributed by atoms with Crippen molar-refractivity contribution in [2.75, 3.05) is 0 Å². The average Bonchev–Trinajstić information content (AvgIpc) is 3.34. The molecule has 1 aliphatic rings. The van der Waals surface area contributed by atoms with Gasteiger partial charge in [0.1, 0.15) is 17.3 Å². The number of ether oxygens (including phenoxy) is 1. The minimum absolute atomic E-state index is 0.0559. The van der Waals surface area contributed by atoms with Gasteiger partial charge in [0, 0.05) is 34.8 Å². The fraction of sp³-hybridized carbons (Fsp3) is 0.333. The Morgan fingerprint density at radius 2 is 1.65 bits per heavy atom. The van der Waals surface area contributed by atoms with Crippen LogP contribution in [-0.4, -0.2) is 14.5 Å². The van der Waals surface area contributed by atoms with Crippen LogP contribution in [0.2, 0.25) is 0 Å². The van der Waals surface area contributed by atoms with Crippen LogP contribution in [0.3, 0.4) is 0 Å². The molecule has 4 nitrogen and oxygen atoms in total. The van der Waals surface area contributed by atoms with E-state index in [1.54, 1.807) is 0 Å². The number of fused-ring (bicyclic) bond motifs is 3. The second-order valence-corrected chi connectivity index (χ2v) is 15.2. The van der Waals surface area contributed by atoms with E-state index in [0.29, 0.717) is 17.3 Å². The van der Waals surface area contributed by atoms with Gasteiger partial charge in [-0.1, -0.05) is 65.8 Å². The molecule has 0 bridgehead atoms. The lowest BCUT2D eigenvalue weighted by molar-refractivity contribution is 0.167. The number of hydrogen-bond acceptors (Lipinski definition) is 3. The van der Waals surface area contributed by atoms with Gasteiger partial charge in [-0.15, -0.1) is 0 Å². The molecule has 0 aliphatic heterocycles. The predicted molar refractivity (Wildman–Crippen MR) is 191 cm³/mol. The number of pyridine rings is 2. The van der Waals surface area contributed by atoms with Crippen LogP contribution >= 0.6 is 0 Å². The van der Waals surface area contributed by atoms with Gasteiger partial charge in [0.05, 0.1) is 16.7 Å². The number of benzene rings is 3. The van der Waals surface area contributed by atoms with E-state index in [2.05, 4.69) is 126 Å². The molecule has 2 unspecified atom stereocenters. The minimum atomic E-state index is 0.0559. The Morgan fingerprint density at radius 3 is 2.41 bits per heavy atom. The Balaban J connectivity index is 1.24. The lowest BCUT2D eigenvalue weighted by Gasteiger charge is -2.40. The van der Waals surface area contributed by atoms with Crippen LogP contribution in [0.15, 0.2) is 97.3 Å². The van der Waals surface area contributed by atoms with E-state index in [1.165, 1.54) is 46.7 Å². The first kappa shape index (κ1) is 30.2. The molecule has 1 saturated carbocycles. The number of hydrogen-bond donors (Lipinski definition) is 0. The first-order chi connectivity index (χ1) is 22.0. The normalized spacial score (nSPS) is 18.2. The summed E-state index contributed by atoms with van der Waals surface area (Å²) in [5, 5.41) is 2.41. The van der Waals surface area contributed by atoms with Crippen LogP contribution in [-0.2, 0) is 5.41 Å². The van der Waals surface area contributed by atoms with Gasteiger partial charge in [-0.25, -0.2) is 4.98 Å². The van der Waals surface area contributed by atoms with Gasteiger partial charge in [0.15, 0.2) is 0 Å². The van der Waals surface area contributed by atoms with Crippen LogP contribution in [0.4, 0.5) is 0 Å². The summed E-state index contributed by atoms with van der Waals surface area (Å²) in [6, 6.07) is 29.9. The number of aromatic nitrogens is 3. The monoisotopic (exact) mass is 607 g/mol. The van der Waals surface area contributed by atoms with E-state index in [4.69, 9.17) is 14.7 Å². The summed E-state index contributed by atoms with van der Waals surface area (Å²) < 4.78 is 8.80. The van der Waals surface area contributed by atoms with Crippen molar-refractivity contribution in [3.63, 3.8) is 0 Å². The van der Waals surface area contributed by atoms with Gasteiger partial charge in [-0.2, -0.15) is 0 Å². The Bertz CT molecular complexity index is 2050. The summed E-state index contributed by atoms with van der Waals surface area (Å²) in [6.45, 7) is 16.2. The molecule has 2 atom stereocenters. The highest BCUT2D eigenvalue weighted by atomic mass is 16.5. The summed E-state index contributed by atoms with van der Waals surface area (Å²) in [6.07, 6.45) is 7.67. The maximum atomic E-state index is 6.56.